The van der Waals surface area contributed by atoms with Gasteiger partial charge in [0.05, 0.1) is 24.9 Å². The molecule has 86 valence electrons. The minimum atomic E-state index is -0.537. The van der Waals surface area contributed by atoms with E-state index in [9.17, 15) is 4.39 Å². The van der Waals surface area contributed by atoms with Crippen LogP contribution >= 0.6 is 0 Å². The van der Waals surface area contributed by atoms with Crippen molar-refractivity contribution in [1.29, 1.82) is 10.5 Å². The molecule has 0 N–H and O–H groups in total. The molecule has 1 aliphatic heterocycles. The number of rotatable bonds is 1. The summed E-state index contributed by atoms with van der Waals surface area (Å²) < 4.78 is 18.6. The highest BCUT2D eigenvalue weighted by molar-refractivity contribution is 5.60. The van der Waals surface area contributed by atoms with E-state index < -0.39 is 11.9 Å². The van der Waals surface area contributed by atoms with Crippen molar-refractivity contribution in [3.63, 3.8) is 0 Å². The van der Waals surface area contributed by atoms with Crippen LogP contribution in [0.5, 0.6) is 0 Å². The summed E-state index contributed by atoms with van der Waals surface area (Å²) in [6, 6.07) is 8.36. The molecule has 0 amide bonds. The average molecular weight is 231 g/mol. The van der Waals surface area contributed by atoms with Gasteiger partial charge in [-0.2, -0.15) is 10.5 Å². The van der Waals surface area contributed by atoms with Crippen LogP contribution in [0.4, 0.5) is 10.1 Å². The van der Waals surface area contributed by atoms with E-state index in [0.29, 0.717) is 25.4 Å². The maximum atomic E-state index is 13.4. The molecule has 1 fully saturated rings. The number of nitrogens with zero attached hydrogens (tertiary/aromatic N) is 3. The van der Waals surface area contributed by atoms with Crippen LogP contribution in [0.15, 0.2) is 18.2 Å². The van der Waals surface area contributed by atoms with Crippen LogP contribution in [0.1, 0.15) is 5.56 Å². The predicted octanol–water partition coefficient (Wildman–Crippen LogP) is 1.43. The molecular formula is C12H10FN3O. The number of nitriles is 2. The van der Waals surface area contributed by atoms with Gasteiger partial charge in [-0.05, 0) is 12.1 Å². The molecule has 0 aromatic heterocycles. The van der Waals surface area contributed by atoms with Crippen LogP contribution in [0.3, 0.4) is 0 Å². The lowest BCUT2D eigenvalue weighted by Crippen LogP contribution is -2.42. The molecule has 0 spiro atoms. The van der Waals surface area contributed by atoms with Crippen molar-refractivity contribution in [2.45, 2.75) is 6.10 Å². The first-order valence-electron chi connectivity index (χ1n) is 5.21. The van der Waals surface area contributed by atoms with Gasteiger partial charge in [0, 0.05) is 6.54 Å². The molecule has 4 nitrogen and oxygen atoms in total. The molecule has 0 bridgehead atoms. The van der Waals surface area contributed by atoms with Crippen LogP contribution in [0.2, 0.25) is 0 Å². The maximum absolute atomic E-state index is 13.4. The SMILES string of the molecule is N#Cc1c(F)cccc1N1CCOC(C#N)C1. The van der Waals surface area contributed by atoms with E-state index in [1.54, 1.807) is 17.0 Å². The number of ether oxygens (including phenoxy) is 1. The minimum absolute atomic E-state index is 0.0195. The van der Waals surface area contributed by atoms with E-state index in [2.05, 4.69) is 0 Å². The standard InChI is InChI=1S/C12H10FN3O/c13-11-2-1-3-12(10(11)7-15)16-4-5-17-9(6-14)8-16/h1-3,9H,4-5,8H2. The fourth-order valence-electron chi connectivity index (χ4n) is 1.83. The van der Waals surface area contributed by atoms with Crippen molar-refractivity contribution in [3.8, 4) is 12.1 Å². The first-order chi connectivity index (χ1) is 8.26. The van der Waals surface area contributed by atoms with Crippen LogP contribution in [0, 0.1) is 28.5 Å². The smallest absolute Gasteiger partial charge is 0.161 e. The number of morpholine rings is 1. The Labute approximate surface area is 98.4 Å². The van der Waals surface area contributed by atoms with Gasteiger partial charge in [0.25, 0.3) is 0 Å². The highest BCUT2D eigenvalue weighted by Gasteiger charge is 2.23. The zero-order valence-electron chi connectivity index (χ0n) is 9.06. The number of halogens is 1. The largest absolute Gasteiger partial charge is 0.364 e. The van der Waals surface area contributed by atoms with Crippen LogP contribution in [-0.2, 0) is 4.74 Å². The number of anilines is 1. The van der Waals surface area contributed by atoms with Crippen molar-refractivity contribution < 1.29 is 9.13 Å². The van der Waals surface area contributed by atoms with Crippen molar-refractivity contribution in [2.75, 3.05) is 24.6 Å². The van der Waals surface area contributed by atoms with Crippen molar-refractivity contribution in [2.24, 2.45) is 0 Å². The van der Waals surface area contributed by atoms with E-state index in [-0.39, 0.29) is 5.56 Å². The van der Waals surface area contributed by atoms with E-state index in [1.807, 2.05) is 12.1 Å². The average Bonchev–Trinajstić information content (AvgIpc) is 2.38. The van der Waals surface area contributed by atoms with E-state index in [4.69, 9.17) is 15.3 Å². The quantitative estimate of drug-likeness (QED) is 0.733. The van der Waals surface area contributed by atoms with Gasteiger partial charge in [0.15, 0.2) is 6.10 Å². The van der Waals surface area contributed by atoms with Gasteiger partial charge in [-0.3, -0.25) is 0 Å². The van der Waals surface area contributed by atoms with Gasteiger partial charge in [-0.1, -0.05) is 6.07 Å². The molecule has 0 radical (unpaired) electrons. The predicted molar refractivity (Wildman–Crippen MR) is 58.7 cm³/mol. The first-order valence-corrected chi connectivity index (χ1v) is 5.21. The fourth-order valence-corrected chi connectivity index (χ4v) is 1.83. The zero-order valence-corrected chi connectivity index (χ0v) is 9.06. The topological polar surface area (TPSA) is 60.1 Å². The van der Waals surface area contributed by atoms with Crippen LogP contribution < -0.4 is 4.90 Å². The monoisotopic (exact) mass is 231 g/mol. The zero-order chi connectivity index (χ0) is 12.3. The summed E-state index contributed by atoms with van der Waals surface area (Å²) in [4.78, 5) is 1.80. The molecule has 1 heterocycles. The Balaban J connectivity index is 2.32. The normalized spacial score (nSPS) is 19.5. The van der Waals surface area contributed by atoms with Gasteiger partial charge in [0.2, 0.25) is 0 Å². The minimum Gasteiger partial charge on any atom is -0.364 e. The maximum Gasteiger partial charge on any atom is 0.161 e. The molecule has 1 aromatic rings. The second kappa shape index (κ2) is 4.82. The molecule has 1 atom stereocenters. The molecule has 0 aliphatic carbocycles. The molecule has 1 unspecified atom stereocenters. The summed E-state index contributed by atoms with van der Waals surface area (Å²) in [6.07, 6.45) is -0.529. The number of hydrogen-bond acceptors (Lipinski definition) is 4. The van der Waals surface area contributed by atoms with Crippen molar-refractivity contribution in [1.82, 2.24) is 0 Å². The Hall–Kier alpha value is -2.11. The molecular weight excluding hydrogens is 221 g/mol. The Morgan fingerprint density at radius 2 is 2.24 bits per heavy atom. The summed E-state index contributed by atoms with van der Waals surface area (Å²) in [7, 11) is 0. The molecule has 1 saturated heterocycles. The third-order valence-corrected chi connectivity index (χ3v) is 2.65. The second-order valence-electron chi connectivity index (χ2n) is 3.68. The third-order valence-electron chi connectivity index (χ3n) is 2.65. The summed E-state index contributed by atoms with van der Waals surface area (Å²) in [5.74, 6) is -0.537. The Morgan fingerprint density at radius 3 is 2.94 bits per heavy atom. The van der Waals surface area contributed by atoms with Crippen LogP contribution in [-0.4, -0.2) is 25.8 Å². The number of hydrogen-bond donors (Lipinski definition) is 0. The van der Waals surface area contributed by atoms with Gasteiger partial charge < -0.3 is 9.64 Å². The van der Waals surface area contributed by atoms with E-state index in [0.717, 1.165) is 0 Å². The van der Waals surface area contributed by atoms with E-state index in [1.165, 1.54) is 6.07 Å². The van der Waals surface area contributed by atoms with Crippen molar-refractivity contribution >= 4 is 5.69 Å². The summed E-state index contributed by atoms with van der Waals surface area (Å²) in [6.45, 7) is 1.31. The van der Waals surface area contributed by atoms with E-state index >= 15 is 0 Å². The summed E-state index contributed by atoms with van der Waals surface area (Å²) in [5.41, 5.74) is 0.544. The molecule has 0 saturated carbocycles. The molecule has 17 heavy (non-hydrogen) atoms. The van der Waals surface area contributed by atoms with Gasteiger partial charge >= 0.3 is 0 Å². The molecule has 2 rings (SSSR count). The molecule has 1 aromatic carbocycles. The summed E-state index contributed by atoms with van der Waals surface area (Å²) >= 11 is 0. The molecule has 5 heteroatoms. The van der Waals surface area contributed by atoms with Gasteiger partial charge in [-0.15, -0.1) is 0 Å². The highest BCUT2D eigenvalue weighted by Crippen LogP contribution is 2.24. The summed E-state index contributed by atoms with van der Waals surface area (Å²) in [5, 5.41) is 17.7. The number of benzene rings is 1. The lowest BCUT2D eigenvalue weighted by molar-refractivity contribution is 0.0764. The Kier molecular flexibility index (Phi) is 3.22. The fraction of sp³-hybridized carbons (Fsp3) is 0.333. The van der Waals surface area contributed by atoms with Gasteiger partial charge in [0.1, 0.15) is 17.4 Å². The lowest BCUT2D eigenvalue weighted by Gasteiger charge is -2.32. The third kappa shape index (κ3) is 2.20. The lowest BCUT2D eigenvalue weighted by atomic mass is 10.1. The highest BCUT2D eigenvalue weighted by atomic mass is 19.1. The van der Waals surface area contributed by atoms with Gasteiger partial charge in [-0.25, -0.2) is 4.39 Å². The molecule has 1 aliphatic rings. The Morgan fingerprint density at radius 1 is 1.41 bits per heavy atom. The van der Waals surface area contributed by atoms with Crippen molar-refractivity contribution in [3.05, 3.63) is 29.6 Å². The first kappa shape index (κ1) is 11.4. The second-order valence-corrected chi connectivity index (χ2v) is 3.68. The van der Waals surface area contributed by atoms with Crippen LogP contribution in [0.25, 0.3) is 0 Å². The Bertz CT molecular complexity index is 503.